The minimum Gasteiger partial charge on any atom is -0.468 e. The molecule has 0 fully saturated rings. The SMILES string of the molecule is CCc1cccc(CC)c1NC(=O)CCN(Cc1ccco1)S(C)(=O)=O. The first-order valence-electron chi connectivity index (χ1n) is 8.73. The second-order valence-electron chi connectivity index (χ2n) is 6.13. The van der Waals surface area contributed by atoms with Gasteiger partial charge in [-0.2, -0.15) is 4.31 Å². The van der Waals surface area contributed by atoms with E-state index in [0.29, 0.717) is 5.76 Å². The van der Waals surface area contributed by atoms with Gasteiger partial charge in [0.2, 0.25) is 15.9 Å². The number of benzene rings is 1. The molecule has 2 aromatic rings. The quantitative estimate of drug-likeness (QED) is 0.727. The molecule has 1 amide bonds. The second kappa shape index (κ2) is 9.00. The van der Waals surface area contributed by atoms with Crippen molar-refractivity contribution in [3.63, 3.8) is 0 Å². The van der Waals surface area contributed by atoms with Crippen LogP contribution in [-0.4, -0.2) is 31.4 Å². The Hall–Kier alpha value is -2.12. The van der Waals surface area contributed by atoms with Gasteiger partial charge in [0.15, 0.2) is 0 Å². The summed E-state index contributed by atoms with van der Waals surface area (Å²) in [7, 11) is -3.44. The van der Waals surface area contributed by atoms with E-state index in [1.165, 1.54) is 10.6 Å². The number of nitrogens with zero attached hydrogens (tertiary/aromatic N) is 1. The van der Waals surface area contributed by atoms with Gasteiger partial charge in [-0.05, 0) is 36.1 Å². The van der Waals surface area contributed by atoms with Gasteiger partial charge in [-0.1, -0.05) is 32.0 Å². The van der Waals surface area contributed by atoms with Gasteiger partial charge in [0.25, 0.3) is 0 Å². The lowest BCUT2D eigenvalue weighted by Gasteiger charge is -2.19. The molecule has 0 aliphatic rings. The van der Waals surface area contributed by atoms with Crippen LogP contribution in [0.5, 0.6) is 0 Å². The van der Waals surface area contributed by atoms with E-state index in [2.05, 4.69) is 5.32 Å². The summed E-state index contributed by atoms with van der Waals surface area (Å²) in [5, 5.41) is 2.96. The number of rotatable bonds is 9. The van der Waals surface area contributed by atoms with Crippen molar-refractivity contribution < 1.29 is 17.6 Å². The third-order valence-corrected chi connectivity index (χ3v) is 5.48. The molecule has 2 rings (SSSR count). The van der Waals surface area contributed by atoms with Gasteiger partial charge < -0.3 is 9.73 Å². The van der Waals surface area contributed by atoms with Crippen molar-refractivity contribution in [2.75, 3.05) is 18.1 Å². The molecule has 1 heterocycles. The molecule has 7 heteroatoms. The second-order valence-corrected chi connectivity index (χ2v) is 8.11. The number of nitrogens with one attached hydrogen (secondary N) is 1. The van der Waals surface area contributed by atoms with Crippen molar-refractivity contribution in [1.29, 1.82) is 0 Å². The average Bonchev–Trinajstić information content (AvgIpc) is 3.10. The van der Waals surface area contributed by atoms with Crippen LogP contribution in [0.4, 0.5) is 5.69 Å². The number of sulfonamides is 1. The molecule has 1 N–H and O–H groups in total. The van der Waals surface area contributed by atoms with Gasteiger partial charge in [0, 0.05) is 18.7 Å². The summed E-state index contributed by atoms with van der Waals surface area (Å²) in [5.41, 5.74) is 3.00. The number of carbonyl (C=O) groups is 1. The highest BCUT2D eigenvalue weighted by molar-refractivity contribution is 7.88. The maximum atomic E-state index is 12.4. The number of anilines is 1. The van der Waals surface area contributed by atoms with Gasteiger partial charge in [0.1, 0.15) is 5.76 Å². The van der Waals surface area contributed by atoms with E-state index in [4.69, 9.17) is 4.42 Å². The van der Waals surface area contributed by atoms with Crippen LogP contribution in [0.3, 0.4) is 0 Å². The first-order valence-corrected chi connectivity index (χ1v) is 10.6. The van der Waals surface area contributed by atoms with Crippen LogP contribution in [0, 0.1) is 0 Å². The molecule has 0 saturated carbocycles. The molecule has 0 atom stereocenters. The smallest absolute Gasteiger partial charge is 0.225 e. The summed E-state index contributed by atoms with van der Waals surface area (Å²) in [6.45, 7) is 4.30. The van der Waals surface area contributed by atoms with Gasteiger partial charge in [0.05, 0.1) is 19.1 Å². The summed E-state index contributed by atoms with van der Waals surface area (Å²) in [5.74, 6) is 0.342. The molecular weight excluding hydrogens is 352 g/mol. The molecule has 142 valence electrons. The van der Waals surface area contributed by atoms with Gasteiger partial charge in [-0.3, -0.25) is 4.79 Å². The van der Waals surface area contributed by atoms with Crippen LogP contribution in [0.1, 0.15) is 37.2 Å². The van der Waals surface area contributed by atoms with Gasteiger partial charge in [-0.25, -0.2) is 8.42 Å². The maximum absolute atomic E-state index is 12.4. The minimum atomic E-state index is -3.44. The fraction of sp³-hybridized carbons (Fsp3) is 0.421. The first-order chi connectivity index (χ1) is 12.3. The average molecular weight is 378 g/mol. The lowest BCUT2D eigenvalue weighted by Crippen LogP contribution is -2.32. The summed E-state index contributed by atoms with van der Waals surface area (Å²) in [6.07, 6.45) is 4.34. The van der Waals surface area contributed by atoms with E-state index in [9.17, 15) is 13.2 Å². The summed E-state index contributed by atoms with van der Waals surface area (Å²) >= 11 is 0. The number of hydrogen-bond acceptors (Lipinski definition) is 4. The number of amides is 1. The Morgan fingerprint density at radius 3 is 2.27 bits per heavy atom. The normalized spacial score (nSPS) is 11.7. The molecule has 0 bridgehead atoms. The Bertz CT molecular complexity index is 807. The lowest BCUT2D eigenvalue weighted by atomic mass is 10.0. The van der Waals surface area contributed by atoms with Crippen LogP contribution in [0.15, 0.2) is 41.0 Å². The van der Waals surface area contributed by atoms with Crippen molar-refractivity contribution in [1.82, 2.24) is 4.31 Å². The fourth-order valence-electron chi connectivity index (χ4n) is 2.77. The van der Waals surface area contributed by atoms with Crippen molar-refractivity contribution in [3.8, 4) is 0 Å². The maximum Gasteiger partial charge on any atom is 0.225 e. The number of furan rings is 1. The van der Waals surface area contributed by atoms with Crippen LogP contribution in [0.25, 0.3) is 0 Å². The molecule has 0 spiro atoms. The highest BCUT2D eigenvalue weighted by Gasteiger charge is 2.20. The van der Waals surface area contributed by atoms with E-state index in [1.807, 2.05) is 32.0 Å². The van der Waals surface area contributed by atoms with Crippen molar-refractivity contribution in [3.05, 3.63) is 53.5 Å². The molecule has 0 aliphatic carbocycles. The van der Waals surface area contributed by atoms with Crippen LogP contribution in [0.2, 0.25) is 0 Å². The zero-order valence-corrected chi connectivity index (χ0v) is 16.3. The molecular formula is C19H26N2O4S. The lowest BCUT2D eigenvalue weighted by molar-refractivity contribution is -0.116. The summed E-state index contributed by atoms with van der Waals surface area (Å²) in [4.78, 5) is 12.4. The molecule has 1 aromatic carbocycles. The van der Waals surface area contributed by atoms with E-state index >= 15 is 0 Å². The van der Waals surface area contributed by atoms with Gasteiger partial charge >= 0.3 is 0 Å². The monoisotopic (exact) mass is 378 g/mol. The number of hydrogen-bond donors (Lipinski definition) is 1. The summed E-state index contributed by atoms with van der Waals surface area (Å²) < 4.78 is 30.4. The predicted octanol–water partition coefficient (Wildman–Crippen LogP) is 3.19. The van der Waals surface area contributed by atoms with E-state index in [-0.39, 0.29) is 25.4 Å². The molecule has 0 unspecified atom stereocenters. The first kappa shape index (κ1) is 20.2. The Labute approximate surface area is 155 Å². The predicted molar refractivity (Wildman–Crippen MR) is 102 cm³/mol. The number of para-hydroxylation sites is 1. The van der Waals surface area contributed by atoms with Crippen molar-refractivity contribution in [2.45, 2.75) is 39.7 Å². The number of aryl methyl sites for hydroxylation is 2. The van der Waals surface area contributed by atoms with Crippen LogP contribution >= 0.6 is 0 Å². The molecule has 0 radical (unpaired) electrons. The molecule has 0 aliphatic heterocycles. The molecule has 26 heavy (non-hydrogen) atoms. The zero-order chi connectivity index (χ0) is 19.2. The third kappa shape index (κ3) is 5.44. The zero-order valence-electron chi connectivity index (χ0n) is 15.5. The highest BCUT2D eigenvalue weighted by atomic mass is 32.2. The molecule has 6 nitrogen and oxygen atoms in total. The standard InChI is InChI=1S/C19H26N2O4S/c1-4-15-8-6-9-16(5-2)19(15)20-18(22)11-12-21(26(3,23)24)14-17-10-7-13-25-17/h6-10,13H,4-5,11-12,14H2,1-3H3,(H,20,22). The summed E-state index contributed by atoms with van der Waals surface area (Å²) in [6, 6.07) is 9.39. The third-order valence-electron chi connectivity index (χ3n) is 4.23. The van der Waals surface area contributed by atoms with E-state index in [1.54, 1.807) is 12.1 Å². The molecule has 1 aromatic heterocycles. The Morgan fingerprint density at radius 1 is 1.12 bits per heavy atom. The van der Waals surface area contributed by atoms with E-state index in [0.717, 1.165) is 35.9 Å². The molecule has 0 saturated heterocycles. The van der Waals surface area contributed by atoms with Crippen LogP contribution < -0.4 is 5.32 Å². The van der Waals surface area contributed by atoms with E-state index < -0.39 is 10.0 Å². The van der Waals surface area contributed by atoms with Crippen molar-refractivity contribution >= 4 is 21.6 Å². The number of carbonyl (C=O) groups excluding carboxylic acids is 1. The highest BCUT2D eigenvalue weighted by Crippen LogP contribution is 2.23. The minimum absolute atomic E-state index is 0.0784. The van der Waals surface area contributed by atoms with Crippen LogP contribution in [-0.2, 0) is 34.2 Å². The Morgan fingerprint density at radius 2 is 1.77 bits per heavy atom. The topological polar surface area (TPSA) is 79.6 Å². The van der Waals surface area contributed by atoms with Crippen molar-refractivity contribution in [2.24, 2.45) is 0 Å². The largest absolute Gasteiger partial charge is 0.468 e. The Kier molecular flexibility index (Phi) is 6.99. The van der Waals surface area contributed by atoms with Gasteiger partial charge in [-0.15, -0.1) is 0 Å². The fourth-order valence-corrected chi connectivity index (χ4v) is 3.55. The Balaban J connectivity index is 2.05.